The number of hydrogen-bond donors (Lipinski definition) is 3. The Bertz CT molecular complexity index is 915. The summed E-state index contributed by atoms with van der Waals surface area (Å²) in [4.78, 5) is 35.0. The topological polar surface area (TPSA) is 149 Å². The van der Waals surface area contributed by atoms with E-state index in [-0.39, 0.29) is 19.4 Å². The summed E-state index contributed by atoms with van der Waals surface area (Å²) < 4.78 is 32.7. The number of phosphoric acid groups is 1. The van der Waals surface area contributed by atoms with Crippen LogP contribution in [0.1, 0.15) is 213 Å². The van der Waals surface area contributed by atoms with E-state index < -0.39 is 51.8 Å². The third-order valence-electron chi connectivity index (χ3n) is 9.67. The molecule has 0 bridgehead atoms. The molecule has 0 saturated heterocycles. The molecule has 0 aliphatic heterocycles. The van der Waals surface area contributed by atoms with Crippen LogP contribution in [0.3, 0.4) is 0 Å². The molecule has 11 heteroatoms. The highest BCUT2D eigenvalue weighted by molar-refractivity contribution is 7.47. The Morgan fingerprint density at radius 2 is 0.907 bits per heavy atom. The molecule has 0 radical (unpaired) electrons. The summed E-state index contributed by atoms with van der Waals surface area (Å²) in [6.45, 7) is 2.38. The summed E-state index contributed by atoms with van der Waals surface area (Å²) in [5, 5.41) is 18.3. The van der Waals surface area contributed by atoms with Gasteiger partial charge in [0.1, 0.15) is 12.7 Å². The Labute approximate surface area is 330 Å². The third-order valence-corrected chi connectivity index (χ3v) is 10.6. The van der Waals surface area contributed by atoms with Gasteiger partial charge in [0.2, 0.25) is 0 Å². The average Bonchev–Trinajstić information content (AvgIpc) is 3.16. The van der Waals surface area contributed by atoms with Gasteiger partial charge in [0, 0.05) is 12.8 Å². The monoisotopic (exact) mass is 791 g/mol. The number of aliphatic hydroxyl groups excluding tert-OH is 2. The number of ether oxygens (including phenoxy) is 2. The molecule has 0 amide bonds. The van der Waals surface area contributed by atoms with Crippen LogP contribution in [0.2, 0.25) is 0 Å². The number of hydrogen-bond acceptors (Lipinski definition) is 9. The van der Waals surface area contributed by atoms with Crippen LogP contribution in [0.25, 0.3) is 0 Å². The first-order chi connectivity index (χ1) is 26.2. The second-order valence-electron chi connectivity index (χ2n) is 15.1. The number of esters is 2. The van der Waals surface area contributed by atoms with E-state index >= 15 is 0 Å². The van der Waals surface area contributed by atoms with Gasteiger partial charge in [-0.2, -0.15) is 0 Å². The molecule has 320 valence electrons. The van der Waals surface area contributed by atoms with Crippen molar-refractivity contribution in [3.05, 3.63) is 12.2 Å². The second-order valence-corrected chi connectivity index (χ2v) is 16.5. The van der Waals surface area contributed by atoms with Gasteiger partial charge in [0.25, 0.3) is 0 Å². The largest absolute Gasteiger partial charge is 0.472 e. The predicted molar refractivity (Wildman–Crippen MR) is 219 cm³/mol. The lowest BCUT2D eigenvalue weighted by atomic mass is 10.0. The lowest BCUT2D eigenvalue weighted by molar-refractivity contribution is -0.161. The zero-order chi connectivity index (χ0) is 39.8. The van der Waals surface area contributed by atoms with Crippen LogP contribution < -0.4 is 0 Å². The zero-order valence-electron chi connectivity index (χ0n) is 34.7. The van der Waals surface area contributed by atoms with Crippen LogP contribution >= 0.6 is 7.82 Å². The highest BCUT2D eigenvalue weighted by Crippen LogP contribution is 2.43. The molecule has 0 aromatic rings. The van der Waals surface area contributed by atoms with E-state index in [1.807, 2.05) is 0 Å². The molecule has 0 aliphatic carbocycles. The van der Waals surface area contributed by atoms with Gasteiger partial charge >= 0.3 is 19.8 Å². The molecule has 0 aromatic heterocycles. The Hall–Kier alpha value is -1.29. The molecule has 0 spiro atoms. The molecule has 0 aromatic carbocycles. The number of allylic oxidation sites excluding steroid dienone is 2. The maximum Gasteiger partial charge on any atom is 0.472 e. The van der Waals surface area contributed by atoms with E-state index in [9.17, 15) is 24.2 Å². The summed E-state index contributed by atoms with van der Waals surface area (Å²) in [6, 6.07) is 0. The fourth-order valence-electron chi connectivity index (χ4n) is 6.22. The van der Waals surface area contributed by atoms with Crippen molar-refractivity contribution in [2.24, 2.45) is 0 Å². The van der Waals surface area contributed by atoms with Crippen molar-refractivity contribution in [2.75, 3.05) is 26.4 Å². The van der Waals surface area contributed by atoms with E-state index in [2.05, 4.69) is 30.5 Å². The fraction of sp³-hybridized carbons (Fsp3) is 0.907. The number of aliphatic hydroxyl groups is 2. The minimum atomic E-state index is -4.61. The second kappa shape index (κ2) is 39.9. The molecule has 3 N–H and O–H groups in total. The molecule has 54 heavy (non-hydrogen) atoms. The van der Waals surface area contributed by atoms with Gasteiger partial charge in [-0.3, -0.25) is 18.6 Å². The molecule has 0 aliphatic rings. The van der Waals surface area contributed by atoms with Crippen LogP contribution in [0, 0.1) is 0 Å². The molecule has 0 heterocycles. The quantitative estimate of drug-likeness (QED) is 0.0236. The number of carbonyl (C=O) groups excluding carboxylic acids is 2. The molecule has 0 saturated carbocycles. The van der Waals surface area contributed by atoms with Gasteiger partial charge in [-0.25, -0.2) is 4.57 Å². The Morgan fingerprint density at radius 1 is 0.537 bits per heavy atom. The zero-order valence-corrected chi connectivity index (χ0v) is 35.6. The summed E-state index contributed by atoms with van der Waals surface area (Å²) in [7, 11) is -4.61. The maximum atomic E-state index is 12.6. The number of unbranched alkanes of at least 4 members (excludes halogenated alkanes) is 26. The third kappa shape index (κ3) is 39.0. The lowest BCUT2D eigenvalue weighted by Gasteiger charge is -2.20. The molecule has 0 fully saturated rings. The van der Waals surface area contributed by atoms with Gasteiger partial charge in [-0.1, -0.05) is 174 Å². The van der Waals surface area contributed by atoms with Crippen molar-refractivity contribution in [3.63, 3.8) is 0 Å². The van der Waals surface area contributed by atoms with E-state index in [4.69, 9.17) is 19.1 Å². The van der Waals surface area contributed by atoms with E-state index in [1.165, 1.54) is 128 Å². The molecular formula is C43H83O10P. The van der Waals surface area contributed by atoms with Crippen molar-refractivity contribution in [2.45, 2.75) is 225 Å². The Morgan fingerprint density at radius 3 is 1.35 bits per heavy atom. The molecule has 1 unspecified atom stereocenters. The molecule has 10 nitrogen and oxygen atoms in total. The van der Waals surface area contributed by atoms with Crippen molar-refractivity contribution >= 4 is 19.8 Å². The molecular weight excluding hydrogens is 707 g/mol. The van der Waals surface area contributed by atoms with Gasteiger partial charge in [-0.05, 0) is 38.5 Å². The predicted octanol–water partition coefficient (Wildman–Crippen LogP) is 11.6. The summed E-state index contributed by atoms with van der Waals surface area (Å²) >= 11 is 0. The van der Waals surface area contributed by atoms with Crippen LogP contribution in [0.15, 0.2) is 12.2 Å². The highest BCUT2D eigenvalue weighted by Gasteiger charge is 2.27. The van der Waals surface area contributed by atoms with Crippen molar-refractivity contribution < 1.29 is 47.8 Å². The maximum absolute atomic E-state index is 12.6. The highest BCUT2D eigenvalue weighted by atomic mass is 31.2. The average molecular weight is 791 g/mol. The number of carbonyl (C=O) groups is 2. The SMILES string of the molecule is CCCCCCCC/C=C/CCCCCC(=O)OC[C@H](COP(=O)(O)OC[C@@H](O)CO)OC(=O)CCCCCCCCCCCCCCCCCCCC. The van der Waals surface area contributed by atoms with E-state index in [1.54, 1.807) is 0 Å². The van der Waals surface area contributed by atoms with Gasteiger partial charge in [0.15, 0.2) is 6.10 Å². The summed E-state index contributed by atoms with van der Waals surface area (Å²) in [5.74, 6) is -0.933. The number of phosphoric ester groups is 1. The number of rotatable bonds is 42. The standard InChI is InChI=1S/C43H83O10P/c1-3-5-7-9-11-13-15-17-18-19-20-21-23-25-27-29-31-33-35-43(47)53-41(39-52-54(48,49)51-37-40(45)36-44)38-50-42(46)34-32-30-28-26-24-22-16-14-12-10-8-6-4-2/h22,24,40-41,44-45H,3-21,23,25-39H2,1-2H3,(H,48,49)/b24-22+/t40-,41+/m0/s1. The first kappa shape index (κ1) is 52.7. The fourth-order valence-corrected chi connectivity index (χ4v) is 7.01. The van der Waals surface area contributed by atoms with Crippen LogP contribution in [-0.4, -0.2) is 65.7 Å². The van der Waals surface area contributed by atoms with E-state index in [0.29, 0.717) is 12.8 Å². The van der Waals surface area contributed by atoms with Crippen LogP contribution in [0.5, 0.6) is 0 Å². The first-order valence-electron chi connectivity index (χ1n) is 22.1. The van der Waals surface area contributed by atoms with Gasteiger partial charge < -0.3 is 24.6 Å². The summed E-state index contributed by atoms with van der Waals surface area (Å²) in [6.07, 6.45) is 37.5. The van der Waals surface area contributed by atoms with E-state index in [0.717, 1.165) is 44.9 Å². The first-order valence-corrected chi connectivity index (χ1v) is 23.6. The van der Waals surface area contributed by atoms with Crippen molar-refractivity contribution in [3.8, 4) is 0 Å². The smallest absolute Gasteiger partial charge is 0.462 e. The van der Waals surface area contributed by atoms with Crippen LogP contribution in [-0.2, 0) is 32.7 Å². The normalized spacial score (nSPS) is 13.9. The lowest BCUT2D eigenvalue weighted by Crippen LogP contribution is -2.29. The summed E-state index contributed by atoms with van der Waals surface area (Å²) in [5.41, 5.74) is 0. The van der Waals surface area contributed by atoms with Crippen LogP contribution in [0.4, 0.5) is 0 Å². The Balaban J connectivity index is 4.25. The minimum Gasteiger partial charge on any atom is -0.462 e. The molecule has 0 rings (SSSR count). The van der Waals surface area contributed by atoms with Crippen molar-refractivity contribution in [1.82, 2.24) is 0 Å². The molecule has 3 atom stereocenters. The van der Waals surface area contributed by atoms with Crippen molar-refractivity contribution in [1.29, 1.82) is 0 Å². The minimum absolute atomic E-state index is 0.187. The van der Waals surface area contributed by atoms with Gasteiger partial charge in [0.05, 0.1) is 19.8 Å². The Kier molecular flexibility index (Phi) is 39.0. The van der Waals surface area contributed by atoms with Gasteiger partial charge in [-0.15, -0.1) is 0 Å².